The summed E-state index contributed by atoms with van der Waals surface area (Å²) in [5.41, 5.74) is 0. The molecule has 0 aliphatic carbocycles. The fraction of sp³-hybridized carbons (Fsp3) is 0.684. The van der Waals surface area contributed by atoms with Crippen molar-refractivity contribution < 1.29 is 4.74 Å². The summed E-state index contributed by atoms with van der Waals surface area (Å²) in [6, 6.07) is 4.15. The average molecular weight is 307 g/mol. The second kappa shape index (κ2) is 14.2. The molecule has 0 N–H and O–H groups in total. The van der Waals surface area contributed by atoms with Gasteiger partial charge in [0.15, 0.2) is 0 Å². The van der Waals surface area contributed by atoms with Gasteiger partial charge in [0.1, 0.15) is 0 Å². The Bertz CT molecular complexity index is 372. The Hall–Kier alpha value is -0.780. The van der Waals surface area contributed by atoms with E-state index in [2.05, 4.69) is 36.3 Å². The molecule has 0 amide bonds. The zero-order valence-corrected chi connectivity index (χ0v) is 14.4. The maximum absolute atomic E-state index is 5.48. The fourth-order valence-corrected chi connectivity index (χ4v) is 2.82. The Kier molecular flexibility index (Phi) is 12.3. The summed E-state index contributed by atoms with van der Waals surface area (Å²) in [5, 5.41) is 2.08. The lowest BCUT2D eigenvalue weighted by molar-refractivity contribution is 0.130. The number of ether oxygens (including phenoxy) is 1. The summed E-state index contributed by atoms with van der Waals surface area (Å²) in [6.45, 7) is 4.04. The van der Waals surface area contributed by atoms with E-state index in [0.717, 1.165) is 26.1 Å². The van der Waals surface area contributed by atoms with Gasteiger partial charge in [0.25, 0.3) is 0 Å². The first kappa shape index (κ1) is 18.3. The van der Waals surface area contributed by atoms with Crippen LogP contribution >= 0.6 is 11.3 Å². The Labute approximate surface area is 135 Å². The van der Waals surface area contributed by atoms with Crippen LogP contribution in [0.25, 0.3) is 0 Å². The van der Waals surface area contributed by atoms with Crippen molar-refractivity contribution in [1.82, 2.24) is 0 Å². The van der Waals surface area contributed by atoms with E-state index >= 15 is 0 Å². The Morgan fingerprint density at radius 3 is 2.33 bits per heavy atom. The molecule has 0 fully saturated rings. The van der Waals surface area contributed by atoms with E-state index in [0.29, 0.717) is 0 Å². The molecule has 1 heterocycles. The molecule has 1 rings (SSSR count). The van der Waals surface area contributed by atoms with Crippen LogP contribution in [0.1, 0.15) is 76.0 Å². The summed E-state index contributed by atoms with van der Waals surface area (Å²) in [4.78, 5) is 1.19. The van der Waals surface area contributed by atoms with Gasteiger partial charge < -0.3 is 4.74 Å². The highest BCUT2D eigenvalue weighted by Crippen LogP contribution is 2.10. The molecule has 1 nitrogen and oxygen atoms in total. The first-order chi connectivity index (χ1) is 10.4. The fourth-order valence-electron chi connectivity index (χ4n) is 2.22. The third kappa shape index (κ3) is 11.5. The van der Waals surface area contributed by atoms with E-state index in [9.17, 15) is 0 Å². The second-order valence-electron chi connectivity index (χ2n) is 5.47. The number of hydrogen-bond donors (Lipinski definition) is 0. The van der Waals surface area contributed by atoms with Gasteiger partial charge in [0.05, 0.1) is 4.88 Å². The van der Waals surface area contributed by atoms with Crippen LogP contribution in [0, 0.1) is 11.8 Å². The standard InChI is InChI=1S/C19H30OS/c1-2-16-20-17-12-10-8-6-4-3-5-7-9-11-14-19-15-13-18-21-19/h13,15,18H,2-10,12,16-17H2,1H3. The predicted molar refractivity (Wildman–Crippen MR) is 93.9 cm³/mol. The molecule has 0 aliphatic heterocycles. The summed E-state index contributed by atoms with van der Waals surface area (Å²) in [6.07, 6.45) is 12.8. The summed E-state index contributed by atoms with van der Waals surface area (Å²) in [7, 11) is 0. The summed E-state index contributed by atoms with van der Waals surface area (Å²) >= 11 is 1.73. The predicted octanol–water partition coefficient (Wildman–Crippen LogP) is 6.04. The quantitative estimate of drug-likeness (QED) is 0.338. The Balaban J connectivity index is 1.77. The monoisotopic (exact) mass is 306 g/mol. The molecule has 0 bridgehead atoms. The number of unbranched alkanes of at least 4 members (excludes halogenated alkanes) is 8. The molecule has 0 atom stereocenters. The Morgan fingerprint density at radius 1 is 0.952 bits per heavy atom. The van der Waals surface area contributed by atoms with Gasteiger partial charge in [-0.15, -0.1) is 11.3 Å². The molecule has 21 heavy (non-hydrogen) atoms. The van der Waals surface area contributed by atoms with Crippen molar-refractivity contribution in [2.75, 3.05) is 13.2 Å². The molecular formula is C19H30OS. The lowest BCUT2D eigenvalue weighted by Gasteiger charge is -2.03. The van der Waals surface area contributed by atoms with Gasteiger partial charge in [-0.05, 0) is 30.7 Å². The largest absolute Gasteiger partial charge is 0.381 e. The van der Waals surface area contributed by atoms with E-state index in [1.807, 2.05) is 0 Å². The van der Waals surface area contributed by atoms with Gasteiger partial charge >= 0.3 is 0 Å². The lowest BCUT2D eigenvalue weighted by atomic mass is 10.1. The third-order valence-corrected chi connectivity index (χ3v) is 4.21. The van der Waals surface area contributed by atoms with Crippen molar-refractivity contribution in [2.45, 2.75) is 71.1 Å². The lowest BCUT2D eigenvalue weighted by Crippen LogP contribution is -1.95. The minimum Gasteiger partial charge on any atom is -0.381 e. The second-order valence-corrected chi connectivity index (χ2v) is 6.42. The Morgan fingerprint density at radius 2 is 1.67 bits per heavy atom. The molecule has 0 spiro atoms. The molecule has 0 saturated heterocycles. The maximum atomic E-state index is 5.48. The maximum Gasteiger partial charge on any atom is 0.0768 e. The van der Waals surface area contributed by atoms with Gasteiger partial charge in [0.2, 0.25) is 0 Å². The zero-order valence-electron chi connectivity index (χ0n) is 13.5. The van der Waals surface area contributed by atoms with Crippen LogP contribution in [0.4, 0.5) is 0 Å². The molecule has 1 aromatic heterocycles. The van der Waals surface area contributed by atoms with Crippen molar-refractivity contribution >= 4 is 11.3 Å². The molecule has 118 valence electrons. The molecule has 0 radical (unpaired) electrons. The van der Waals surface area contributed by atoms with Crippen LogP contribution in [0.3, 0.4) is 0 Å². The SMILES string of the molecule is CCCOCCCCCCCCCCC#Cc1cccs1. The summed E-state index contributed by atoms with van der Waals surface area (Å²) < 4.78 is 5.48. The highest BCUT2D eigenvalue weighted by molar-refractivity contribution is 7.10. The van der Waals surface area contributed by atoms with Gasteiger partial charge in [-0.1, -0.05) is 63.4 Å². The van der Waals surface area contributed by atoms with Crippen LogP contribution in [0.5, 0.6) is 0 Å². The highest BCUT2D eigenvalue weighted by atomic mass is 32.1. The molecule has 2 heteroatoms. The third-order valence-electron chi connectivity index (χ3n) is 3.42. The van der Waals surface area contributed by atoms with Crippen molar-refractivity contribution in [1.29, 1.82) is 0 Å². The first-order valence-corrected chi connectivity index (χ1v) is 9.41. The van der Waals surface area contributed by atoms with E-state index in [4.69, 9.17) is 4.74 Å². The van der Waals surface area contributed by atoms with E-state index in [-0.39, 0.29) is 0 Å². The number of hydrogen-bond acceptors (Lipinski definition) is 2. The highest BCUT2D eigenvalue weighted by Gasteiger charge is 1.92. The van der Waals surface area contributed by atoms with Crippen LogP contribution in [-0.2, 0) is 4.74 Å². The van der Waals surface area contributed by atoms with Crippen LogP contribution in [-0.4, -0.2) is 13.2 Å². The molecule has 0 unspecified atom stereocenters. The smallest absolute Gasteiger partial charge is 0.0768 e. The van der Waals surface area contributed by atoms with E-state index in [1.54, 1.807) is 11.3 Å². The topological polar surface area (TPSA) is 9.23 Å². The van der Waals surface area contributed by atoms with E-state index < -0.39 is 0 Å². The average Bonchev–Trinajstić information content (AvgIpc) is 3.01. The van der Waals surface area contributed by atoms with Crippen molar-refractivity contribution in [3.8, 4) is 11.8 Å². The van der Waals surface area contributed by atoms with E-state index in [1.165, 1.54) is 56.2 Å². The zero-order chi connectivity index (χ0) is 15.0. The van der Waals surface area contributed by atoms with Crippen molar-refractivity contribution in [3.63, 3.8) is 0 Å². The normalized spacial score (nSPS) is 10.3. The van der Waals surface area contributed by atoms with Gasteiger partial charge in [-0.2, -0.15) is 0 Å². The van der Waals surface area contributed by atoms with Gasteiger partial charge in [-0.3, -0.25) is 0 Å². The van der Waals surface area contributed by atoms with Crippen LogP contribution < -0.4 is 0 Å². The molecule has 0 aromatic carbocycles. The van der Waals surface area contributed by atoms with Crippen molar-refractivity contribution in [3.05, 3.63) is 22.4 Å². The van der Waals surface area contributed by atoms with Crippen LogP contribution in [0.15, 0.2) is 17.5 Å². The number of rotatable bonds is 12. The minimum absolute atomic E-state index is 0.926. The van der Waals surface area contributed by atoms with Crippen molar-refractivity contribution in [2.24, 2.45) is 0 Å². The molecule has 0 aliphatic rings. The number of thiophene rings is 1. The summed E-state index contributed by atoms with van der Waals surface area (Å²) in [5.74, 6) is 6.49. The van der Waals surface area contributed by atoms with Gasteiger partial charge in [0, 0.05) is 19.6 Å². The van der Waals surface area contributed by atoms with Crippen LogP contribution in [0.2, 0.25) is 0 Å². The molecule has 1 aromatic rings. The molecular weight excluding hydrogens is 276 g/mol. The molecule has 0 saturated carbocycles. The first-order valence-electron chi connectivity index (χ1n) is 8.53. The van der Waals surface area contributed by atoms with Gasteiger partial charge in [-0.25, -0.2) is 0 Å². The minimum atomic E-state index is 0.926.